The highest BCUT2D eigenvalue weighted by molar-refractivity contribution is 7.89. The van der Waals surface area contributed by atoms with Crippen LogP contribution in [0.5, 0.6) is 0 Å². The molecule has 0 saturated carbocycles. The second-order valence-electron chi connectivity index (χ2n) is 7.64. The van der Waals surface area contributed by atoms with Crippen molar-refractivity contribution in [2.45, 2.75) is 50.3 Å². The number of carbonyl (C=O) groups is 1. The molecule has 5 nitrogen and oxygen atoms in total. The fourth-order valence-corrected chi connectivity index (χ4v) is 5.50. The maximum Gasteiger partial charge on any atom is 0.243 e. The maximum atomic E-state index is 12.8. The lowest BCUT2D eigenvalue weighted by Gasteiger charge is -2.34. The first-order valence-electron chi connectivity index (χ1n) is 9.80. The zero-order chi connectivity index (χ0) is 18.6. The van der Waals surface area contributed by atoms with Crippen molar-refractivity contribution in [1.82, 2.24) is 9.21 Å². The molecule has 0 unspecified atom stereocenters. The van der Waals surface area contributed by atoms with Crippen LogP contribution in [0.1, 0.15) is 55.8 Å². The Kier molecular flexibility index (Phi) is 6.48. The highest BCUT2D eigenvalue weighted by atomic mass is 32.2. The summed E-state index contributed by atoms with van der Waals surface area (Å²) < 4.78 is 27.3. The first-order chi connectivity index (χ1) is 12.5. The van der Waals surface area contributed by atoms with E-state index in [2.05, 4.69) is 4.90 Å². The van der Waals surface area contributed by atoms with E-state index < -0.39 is 10.0 Å². The number of benzene rings is 1. The van der Waals surface area contributed by atoms with E-state index in [1.807, 2.05) is 0 Å². The van der Waals surface area contributed by atoms with Gasteiger partial charge in [0.05, 0.1) is 4.90 Å². The van der Waals surface area contributed by atoms with E-state index in [4.69, 9.17) is 0 Å². The monoisotopic (exact) mass is 378 g/mol. The average molecular weight is 379 g/mol. The van der Waals surface area contributed by atoms with Gasteiger partial charge < -0.3 is 4.90 Å². The lowest BCUT2D eigenvalue weighted by molar-refractivity contribution is 0.101. The van der Waals surface area contributed by atoms with Crippen LogP contribution in [0.3, 0.4) is 0 Å². The van der Waals surface area contributed by atoms with Crippen molar-refractivity contribution in [1.29, 1.82) is 0 Å². The Labute approximate surface area is 157 Å². The van der Waals surface area contributed by atoms with Gasteiger partial charge in [0.25, 0.3) is 0 Å². The summed E-state index contributed by atoms with van der Waals surface area (Å²) in [6.45, 7) is 6.17. The number of sulfonamides is 1. The first kappa shape index (κ1) is 19.5. The molecule has 0 aliphatic carbocycles. The van der Waals surface area contributed by atoms with Crippen LogP contribution in [-0.2, 0) is 10.0 Å². The molecule has 0 radical (unpaired) electrons. The minimum atomic E-state index is -3.46. The van der Waals surface area contributed by atoms with Gasteiger partial charge in [0.15, 0.2) is 5.78 Å². The summed E-state index contributed by atoms with van der Waals surface area (Å²) in [5.74, 6) is 0.544. The lowest BCUT2D eigenvalue weighted by atomic mass is 9.97. The molecular formula is C20H30N2O3S. The third-order valence-corrected chi connectivity index (χ3v) is 7.60. The normalized spacial score (nSPS) is 21.4. The van der Waals surface area contributed by atoms with Crippen LogP contribution in [0.4, 0.5) is 0 Å². The molecule has 0 atom stereocenters. The van der Waals surface area contributed by atoms with E-state index >= 15 is 0 Å². The number of hydrogen-bond donors (Lipinski definition) is 0. The van der Waals surface area contributed by atoms with Crippen molar-refractivity contribution in [3.63, 3.8) is 0 Å². The van der Waals surface area contributed by atoms with Gasteiger partial charge in [-0.1, -0.05) is 25.0 Å². The number of Topliss-reactive ketones (excluding diaryl/α,β-unsaturated/α-hetero) is 1. The Balaban J connectivity index is 1.57. The molecule has 0 amide bonds. The van der Waals surface area contributed by atoms with Gasteiger partial charge >= 0.3 is 0 Å². The standard InChI is InChI=1S/C20H30N2O3S/c1-17(23)19-6-8-20(9-7-19)26(24,25)22-14-10-18(11-15-22)16-21-12-4-2-3-5-13-21/h6-9,18H,2-5,10-16H2,1H3. The van der Waals surface area contributed by atoms with Gasteiger partial charge in [0.1, 0.15) is 0 Å². The van der Waals surface area contributed by atoms with Crippen LogP contribution >= 0.6 is 0 Å². The molecule has 2 fully saturated rings. The molecule has 0 spiro atoms. The third-order valence-electron chi connectivity index (χ3n) is 5.69. The predicted molar refractivity (Wildman–Crippen MR) is 103 cm³/mol. The minimum absolute atomic E-state index is 0.0525. The summed E-state index contributed by atoms with van der Waals surface area (Å²) in [7, 11) is -3.46. The summed E-state index contributed by atoms with van der Waals surface area (Å²) in [5, 5.41) is 0. The van der Waals surface area contributed by atoms with Crippen LogP contribution in [0.2, 0.25) is 0 Å². The summed E-state index contributed by atoms with van der Waals surface area (Å²) in [4.78, 5) is 14.2. The van der Waals surface area contributed by atoms with Crippen LogP contribution in [0.15, 0.2) is 29.2 Å². The van der Waals surface area contributed by atoms with E-state index in [-0.39, 0.29) is 10.7 Å². The number of hydrogen-bond acceptors (Lipinski definition) is 4. The molecular weight excluding hydrogens is 348 g/mol. The number of nitrogens with zero attached hydrogens (tertiary/aromatic N) is 2. The summed E-state index contributed by atoms with van der Waals surface area (Å²) in [5.41, 5.74) is 0.542. The first-order valence-corrected chi connectivity index (χ1v) is 11.2. The lowest BCUT2D eigenvalue weighted by Crippen LogP contribution is -2.41. The van der Waals surface area contributed by atoms with E-state index in [1.165, 1.54) is 45.7 Å². The topological polar surface area (TPSA) is 57.7 Å². The molecule has 1 aromatic carbocycles. The Hall–Kier alpha value is -1.24. The van der Waals surface area contributed by atoms with Gasteiger partial charge in [0, 0.05) is 25.2 Å². The van der Waals surface area contributed by atoms with E-state index in [0.29, 0.717) is 24.6 Å². The highest BCUT2D eigenvalue weighted by Gasteiger charge is 2.30. The second kappa shape index (κ2) is 8.63. The number of likely N-dealkylation sites (tertiary alicyclic amines) is 1. The van der Waals surface area contributed by atoms with Crippen molar-refractivity contribution >= 4 is 15.8 Å². The predicted octanol–water partition coefficient (Wildman–Crippen LogP) is 3.17. The summed E-state index contributed by atoms with van der Waals surface area (Å²) in [6.07, 6.45) is 7.14. The molecule has 0 bridgehead atoms. The van der Waals surface area contributed by atoms with Gasteiger partial charge in [-0.05, 0) is 63.7 Å². The number of carbonyl (C=O) groups excluding carboxylic acids is 1. The SMILES string of the molecule is CC(=O)c1ccc(S(=O)(=O)N2CCC(CN3CCCCCC3)CC2)cc1. The average Bonchev–Trinajstić information content (AvgIpc) is 2.91. The van der Waals surface area contributed by atoms with Crippen molar-refractivity contribution in [3.05, 3.63) is 29.8 Å². The van der Waals surface area contributed by atoms with Gasteiger partial charge in [-0.15, -0.1) is 0 Å². The van der Waals surface area contributed by atoms with Crippen LogP contribution in [0, 0.1) is 5.92 Å². The fraction of sp³-hybridized carbons (Fsp3) is 0.650. The van der Waals surface area contributed by atoms with Gasteiger partial charge in [-0.25, -0.2) is 8.42 Å². The van der Waals surface area contributed by atoms with Gasteiger partial charge in [-0.3, -0.25) is 4.79 Å². The largest absolute Gasteiger partial charge is 0.303 e. The molecule has 144 valence electrons. The molecule has 2 heterocycles. The van der Waals surface area contributed by atoms with E-state index in [9.17, 15) is 13.2 Å². The number of rotatable bonds is 5. The summed E-state index contributed by atoms with van der Waals surface area (Å²) in [6, 6.07) is 6.30. The third kappa shape index (κ3) is 4.72. The molecule has 2 aliphatic rings. The molecule has 2 saturated heterocycles. The molecule has 6 heteroatoms. The molecule has 26 heavy (non-hydrogen) atoms. The Morgan fingerprint density at radius 2 is 1.54 bits per heavy atom. The van der Waals surface area contributed by atoms with E-state index in [0.717, 1.165) is 19.4 Å². The van der Waals surface area contributed by atoms with Crippen molar-refractivity contribution in [2.75, 3.05) is 32.7 Å². The van der Waals surface area contributed by atoms with Gasteiger partial charge in [0.2, 0.25) is 10.0 Å². The molecule has 0 aromatic heterocycles. The van der Waals surface area contributed by atoms with E-state index in [1.54, 1.807) is 28.6 Å². The number of ketones is 1. The second-order valence-corrected chi connectivity index (χ2v) is 9.58. The van der Waals surface area contributed by atoms with Crippen LogP contribution in [0.25, 0.3) is 0 Å². The zero-order valence-electron chi connectivity index (χ0n) is 15.7. The van der Waals surface area contributed by atoms with Crippen LogP contribution in [-0.4, -0.2) is 56.1 Å². The molecule has 0 N–H and O–H groups in total. The highest BCUT2D eigenvalue weighted by Crippen LogP contribution is 2.25. The number of piperidine rings is 1. The fourth-order valence-electron chi connectivity index (χ4n) is 4.03. The Morgan fingerprint density at radius 1 is 0.962 bits per heavy atom. The Bertz CT molecular complexity index is 699. The van der Waals surface area contributed by atoms with Crippen molar-refractivity contribution in [2.24, 2.45) is 5.92 Å². The van der Waals surface area contributed by atoms with Crippen molar-refractivity contribution in [3.8, 4) is 0 Å². The minimum Gasteiger partial charge on any atom is -0.303 e. The zero-order valence-corrected chi connectivity index (χ0v) is 16.5. The van der Waals surface area contributed by atoms with Gasteiger partial charge in [-0.2, -0.15) is 4.31 Å². The maximum absolute atomic E-state index is 12.8. The molecule has 1 aromatic rings. The summed E-state index contributed by atoms with van der Waals surface area (Å²) >= 11 is 0. The molecule has 2 aliphatic heterocycles. The smallest absolute Gasteiger partial charge is 0.243 e. The molecule has 3 rings (SSSR count). The van der Waals surface area contributed by atoms with Crippen molar-refractivity contribution < 1.29 is 13.2 Å². The Morgan fingerprint density at radius 3 is 2.08 bits per heavy atom. The quantitative estimate of drug-likeness (QED) is 0.739. The van der Waals surface area contributed by atoms with Crippen LogP contribution < -0.4 is 0 Å².